The molecule has 2 rings (SSSR count). The number of fused-ring (bicyclic) bond motifs is 1. The van der Waals surface area contributed by atoms with E-state index in [0.29, 0.717) is 26.4 Å². The summed E-state index contributed by atoms with van der Waals surface area (Å²) in [5, 5.41) is 15.0. The second kappa shape index (κ2) is 10.2. The lowest BCUT2D eigenvalue weighted by atomic mass is 10.4. The van der Waals surface area contributed by atoms with Gasteiger partial charge in [-0.2, -0.15) is 0 Å². The first-order valence-electron chi connectivity index (χ1n) is 8.35. The van der Waals surface area contributed by atoms with Crippen LogP contribution in [0.15, 0.2) is 4.99 Å². The molecule has 0 spiro atoms. The lowest BCUT2D eigenvalue weighted by molar-refractivity contribution is 0.0698. The molecule has 0 amide bonds. The summed E-state index contributed by atoms with van der Waals surface area (Å²) < 4.78 is 12.6. The maximum Gasteiger partial charge on any atom is 0.191 e. The van der Waals surface area contributed by atoms with E-state index in [0.717, 1.165) is 56.5 Å². The molecule has 130 valence electrons. The number of nitrogens with one attached hydrogen (secondary N) is 2. The first-order chi connectivity index (χ1) is 11.3. The minimum atomic E-state index is 0.548. The van der Waals surface area contributed by atoms with E-state index in [2.05, 4.69) is 37.3 Å². The Bertz CT molecular complexity index is 488. The summed E-state index contributed by atoms with van der Waals surface area (Å²) >= 11 is 0. The molecule has 2 heterocycles. The van der Waals surface area contributed by atoms with Crippen molar-refractivity contribution in [3.8, 4) is 0 Å². The van der Waals surface area contributed by atoms with Crippen LogP contribution in [0.4, 0.5) is 0 Å². The average molecular weight is 324 g/mol. The number of guanidine groups is 1. The summed E-state index contributed by atoms with van der Waals surface area (Å²) in [6, 6.07) is 0. The Morgan fingerprint density at radius 2 is 2.17 bits per heavy atom. The Labute approximate surface area is 137 Å². The molecule has 1 aromatic heterocycles. The molecule has 0 radical (unpaired) electrons. The first kappa shape index (κ1) is 17.7. The Balaban J connectivity index is 1.72. The largest absolute Gasteiger partial charge is 0.382 e. The number of hydrogen-bond donors (Lipinski definition) is 2. The van der Waals surface area contributed by atoms with Gasteiger partial charge < -0.3 is 24.7 Å². The molecular formula is C15H28N6O2. The molecule has 0 bridgehead atoms. The number of aromatic nitrogens is 3. The van der Waals surface area contributed by atoms with E-state index in [9.17, 15) is 0 Å². The fourth-order valence-corrected chi connectivity index (χ4v) is 2.44. The molecule has 0 fully saturated rings. The van der Waals surface area contributed by atoms with Gasteiger partial charge in [0, 0.05) is 39.8 Å². The van der Waals surface area contributed by atoms with Gasteiger partial charge in [0.2, 0.25) is 0 Å². The molecule has 0 unspecified atom stereocenters. The van der Waals surface area contributed by atoms with Crippen LogP contribution in [0.25, 0.3) is 0 Å². The number of aliphatic imine (C=N–C) groups is 1. The van der Waals surface area contributed by atoms with E-state index in [-0.39, 0.29) is 0 Å². The van der Waals surface area contributed by atoms with Crippen LogP contribution in [0.2, 0.25) is 0 Å². The number of methoxy groups -OCH3 is 1. The number of nitrogens with zero attached hydrogens (tertiary/aromatic N) is 4. The predicted octanol–water partition coefficient (Wildman–Crippen LogP) is 0.333. The molecule has 1 aliphatic heterocycles. The van der Waals surface area contributed by atoms with Gasteiger partial charge >= 0.3 is 0 Å². The Morgan fingerprint density at radius 3 is 3.00 bits per heavy atom. The van der Waals surface area contributed by atoms with Gasteiger partial charge in [0.1, 0.15) is 12.4 Å². The van der Waals surface area contributed by atoms with Crippen molar-refractivity contribution >= 4 is 5.96 Å². The summed E-state index contributed by atoms with van der Waals surface area (Å²) in [7, 11) is 1.68. The van der Waals surface area contributed by atoms with Crippen LogP contribution in [0.5, 0.6) is 0 Å². The minimum absolute atomic E-state index is 0.548. The highest BCUT2D eigenvalue weighted by Gasteiger charge is 2.16. The normalized spacial score (nSPS) is 14.1. The van der Waals surface area contributed by atoms with Gasteiger partial charge in [-0.05, 0) is 19.8 Å². The quantitative estimate of drug-likeness (QED) is 0.366. The SMILES string of the molecule is CCNC(=NCc1nnc2n1CCC2)NCCCOCCOC. The van der Waals surface area contributed by atoms with Crippen molar-refractivity contribution < 1.29 is 9.47 Å². The van der Waals surface area contributed by atoms with E-state index < -0.39 is 0 Å². The highest BCUT2D eigenvalue weighted by molar-refractivity contribution is 5.79. The molecule has 2 N–H and O–H groups in total. The lowest BCUT2D eigenvalue weighted by Crippen LogP contribution is -2.38. The Kier molecular flexibility index (Phi) is 7.82. The van der Waals surface area contributed by atoms with Crippen LogP contribution in [0, 0.1) is 0 Å². The second-order valence-electron chi connectivity index (χ2n) is 5.37. The van der Waals surface area contributed by atoms with E-state index in [1.807, 2.05) is 0 Å². The van der Waals surface area contributed by atoms with Crippen molar-refractivity contribution in [2.75, 3.05) is 40.0 Å². The van der Waals surface area contributed by atoms with Crippen LogP contribution in [0.1, 0.15) is 31.4 Å². The maximum absolute atomic E-state index is 5.44. The van der Waals surface area contributed by atoms with Crippen molar-refractivity contribution in [1.82, 2.24) is 25.4 Å². The third kappa shape index (κ3) is 5.80. The molecule has 0 aromatic carbocycles. The second-order valence-corrected chi connectivity index (χ2v) is 5.37. The molecule has 23 heavy (non-hydrogen) atoms. The van der Waals surface area contributed by atoms with Crippen LogP contribution >= 0.6 is 0 Å². The monoisotopic (exact) mass is 324 g/mol. The number of hydrogen-bond acceptors (Lipinski definition) is 5. The minimum Gasteiger partial charge on any atom is -0.382 e. The number of rotatable bonds is 10. The van der Waals surface area contributed by atoms with E-state index in [1.165, 1.54) is 0 Å². The average Bonchev–Trinajstić information content (AvgIpc) is 3.15. The zero-order valence-electron chi connectivity index (χ0n) is 14.2. The van der Waals surface area contributed by atoms with Gasteiger partial charge in [0.15, 0.2) is 11.8 Å². The molecule has 0 saturated heterocycles. The summed E-state index contributed by atoms with van der Waals surface area (Å²) in [6.07, 6.45) is 3.11. The third-order valence-electron chi connectivity index (χ3n) is 3.60. The van der Waals surface area contributed by atoms with Crippen molar-refractivity contribution in [2.45, 2.75) is 39.3 Å². The predicted molar refractivity (Wildman–Crippen MR) is 88.5 cm³/mol. The van der Waals surface area contributed by atoms with Gasteiger partial charge in [0.25, 0.3) is 0 Å². The van der Waals surface area contributed by atoms with Gasteiger partial charge in [-0.15, -0.1) is 10.2 Å². The fraction of sp³-hybridized carbons (Fsp3) is 0.800. The summed E-state index contributed by atoms with van der Waals surface area (Å²) in [5.41, 5.74) is 0. The zero-order chi connectivity index (χ0) is 16.3. The highest BCUT2D eigenvalue weighted by atomic mass is 16.5. The van der Waals surface area contributed by atoms with E-state index in [1.54, 1.807) is 7.11 Å². The van der Waals surface area contributed by atoms with Crippen molar-refractivity contribution in [1.29, 1.82) is 0 Å². The van der Waals surface area contributed by atoms with Crippen LogP contribution in [-0.2, 0) is 29.0 Å². The summed E-state index contributed by atoms with van der Waals surface area (Å²) in [6.45, 7) is 7.25. The fourth-order valence-electron chi connectivity index (χ4n) is 2.44. The molecular weight excluding hydrogens is 296 g/mol. The molecule has 1 aliphatic rings. The van der Waals surface area contributed by atoms with Gasteiger partial charge in [-0.3, -0.25) is 0 Å². The van der Waals surface area contributed by atoms with Gasteiger partial charge in [-0.1, -0.05) is 0 Å². The molecule has 0 aliphatic carbocycles. The molecule has 0 saturated carbocycles. The third-order valence-corrected chi connectivity index (χ3v) is 3.60. The topological polar surface area (TPSA) is 85.6 Å². The van der Waals surface area contributed by atoms with E-state index >= 15 is 0 Å². The maximum atomic E-state index is 5.44. The Hall–Kier alpha value is -1.67. The number of aryl methyl sites for hydroxylation is 1. The van der Waals surface area contributed by atoms with Crippen molar-refractivity contribution in [3.63, 3.8) is 0 Å². The van der Waals surface area contributed by atoms with Gasteiger partial charge in [-0.25, -0.2) is 4.99 Å². The molecule has 8 nitrogen and oxygen atoms in total. The van der Waals surface area contributed by atoms with Crippen LogP contribution in [-0.4, -0.2) is 60.7 Å². The number of ether oxygens (including phenoxy) is 2. The van der Waals surface area contributed by atoms with E-state index in [4.69, 9.17) is 9.47 Å². The standard InChI is InChI=1S/C15H28N6O2/c1-3-16-15(17-7-5-9-23-11-10-22-2)18-12-14-20-19-13-6-4-8-21(13)14/h3-12H2,1-2H3,(H2,16,17,18). The van der Waals surface area contributed by atoms with Crippen LogP contribution < -0.4 is 10.6 Å². The molecule has 0 atom stereocenters. The van der Waals surface area contributed by atoms with Gasteiger partial charge in [0.05, 0.1) is 13.2 Å². The van der Waals surface area contributed by atoms with Crippen LogP contribution in [0.3, 0.4) is 0 Å². The van der Waals surface area contributed by atoms with Crippen molar-refractivity contribution in [3.05, 3.63) is 11.6 Å². The smallest absolute Gasteiger partial charge is 0.191 e. The lowest BCUT2D eigenvalue weighted by Gasteiger charge is -2.11. The molecule has 8 heteroatoms. The highest BCUT2D eigenvalue weighted by Crippen LogP contribution is 2.14. The first-order valence-corrected chi connectivity index (χ1v) is 8.35. The molecule has 1 aromatic rings. The summed E-state index contributed by atoms with van der Waals surface area (Å²) in [4.78, 5) is 4.59. The Morgan fingerprint density at radius 1 is 1.26 bits per heavy atom. The zero-order valence-corrected chi connectivity index (χ0v) is 14.2. The summed E-state index contributed by atoms with van der Waals surface area (Å²) in [5.74, 6) is 2.83. The van der Waals surface area contributed by atoms with Crippen molar-refractivity contribution in [2.24, 2.45) is 4.99 Å².